The van der Waals surface area contributed by atoms with Crippen LogP contribution in [0.5, 0.6) is 0 Å². The lowest BCUT2D eigenvalue weighted by atomic mass is 10.5. The first kappa shape index (κ1) is 13.2. The maximum atomic E-state index is 11.6. The van der Waals surface area contributed by atoms with Crippen LogP contribution >= 0.6 is 0 Å². The van der Waals surface area contributed by atoms with Gasteiger partial charge in [-0.1, -0.05) is 0 Å². The summed E-state index contributed by atoms with van der Waals surface area (Å²) in [5.74, 6) is -0.778. The van der Waals surface area contributed by atoms with Crippen molar-refractivity contribution in [2.24, 2.45) is 5.73 Å². The number of halogens is 3. The van der Waals surface area contributed by atoms with Gasteiger partial charge in [-0.2, -0.15) is 13.2 Å². The lowest BCUT2D eigenvalue weighted by molar-refractivity contribution is -0.141. The van der Waals surface area contributed by atoms with Crippen LogP contribution in [0.25, 0.3) is 0 Å². The molecule has 0 aromatic heterocycles. The minimum Gasteiger partial charge on any atom is -0.372 e. The molecule has 84 valence electrons. The molecule has 4 nitrogen and oxygen atoms in total. The van der Waals surface area contributed by atoms with E-state index in [-0.39, 0.29) is 13.2 Å². The summed E-state index contributed by atoms with van der Waals surface area (Å²) in [6, 6.07) is 0. The third-order valence-corrected chi connectivity index (χ3v) is 1.21. The standard InChI is InChI=1S/C7H13F3N2O2/c8-7(9,10)5-12-6(13)4-14-3-1-2-11/h1-5,11H2,(H,12,13). The normalized spacial score (nSPS) is 11.4. The summed E-state index contributed by atoms with van der Waals surface area (Å²) in [6.45, 7) is -0.998. The van der Waals surface area contributed by atoms with Crippen LogP contribution in [0.2, 0.25) is 0 Å². The highest BCUT2D eigenvalue weighted by Gasteiger charge is 2.27. The van der Waals surface area contributed by atoms with Crippen molar-refractivity contribution in [3.8, 4) is 0 Å². The highest BCUT2D eigenvalue weighted by atomic mass is 19.4. The van der Waals surface area contributed by atoms with E-state index in [9.17, 15) is 18.0 Å². The molecule has 0 spiro atoms. The Balaban J connectivity index is 3.38. The topological polar surface area (TPSA) is 64.3 Å². The van der Waals surface area contributed by atoms with Crippen LogP contribution in [0, 0.1) is 0 Å². The van der Waals surface area contributed by atoms with Gasteiger partial charge in [-0.05, 0) is 13.0 Å². The maximum absolute atomic E-state index is 11.6. The van der Waals surface area contributed by atoms with Crippen LogP contribution in [-0.4, -0.2) is 38.4 Å². The molecule has 0 bridgehead atoms. The Hall–Kier alpha value is -0.820. The number of carbonyl (C=O) groups is 1. The third kappa shape index (κ3) is 9.27. The molecule has 0 aromatic carbocycles. The van der Waals surface area contributed by atoms with Crippen LogP contribution in [-0.2, 0) is 9.53 Å². The summed E-state index contributed by atoms with van der Waals surface area (Å²) < 4.78 is 39.5. The minimum absolute atomic E-state index is 0.274. The predicted octanol–water partition coefficient (Wildman–Crippen LogP) is 0.0303. The van der Waals surface area contributed by atoms with E-state index in [1.807, 2.05) is 0 Å². The first-order valence-electron chi connectivity index (χ1n) is 4.07. The van der Waals surface area contributed by atoms with Gasteiger partial charge in [0.1, 0.15) is 13.2 Å². The van der Waals surface area contributed by atoms with Gasteiger partial charge in [-0.25, -0.2) is 0 Å². The molecule has 3 N–H and O–H groups in total. The fraction of sp³-hybridized carbons (Fsp3) is 0.857. The van der Waals surface area contributed by atoms with E-state index in [4.69, 9.17) is 10.5 Å². The number of amides is 1. The van der Waals surface area contributed by atoms with Gasteiger partial charge in [0.25, 0.3) is 0 Å². The Labute approximate surface area is 79.6 Å². The predicted molar refractivity (Wildman–Crippen MR) is 43.6 cm³/mol. The molecule has 0 aliphatic heterocycles. The average molecular weight is 214 g/mol. The average Bonchev–Trinajstić information content (AvgIpc) is 2.08. The van der Waals surface area contributed by atoms with Gasteiger partial charge in [0.05, 0.1) is 0 Å². The molecule has 0 aliphatic rings. The summed E-state index contributed by atoms with van der Waals surface area (Å²) in [5, 5.41) is 1.68. The number of hydrogen-bond donors (Lipinski definition) is 2. The smallest absolute Gasteiger partial charge is 0.372 e. The van der Waals surface area contributed by atoms with E-state index in [1.54, 1.807) is 5.32 Å². The van der Waals surface area contributed by atoms with Crippen molar-refractivity contribution in [1.29, 1.82) is 0 Å². The fourth-order valence-corrected chi connectivity index (χ4v) is 0.600. The van der Waals surface area contributed by atoms with Crippen molar-refractivity contribution < 1.29 is 22.7 Å². The third-order valence-electron chi connectivity index (χ3n) is 1.21. The van der Waals surface area contributed by atoms with E-state index < -0.39 is 18.6 Å². The van der Waals surface area contributed by atoms with Crippen LogP contribution in [0.4, 0.5) is 13.2 Å². The molecule has 14 heavy (non-hydrogen) atoms. The summed E-state index contributed by atoms with van der Waals surface area (Å²) in [7, 11) is 0. The van der Waals surface area contributed by atoms with Gasteiger partial charge in [-0.3, -0.25) is 4.79 Å². The lowest BCUT2D eigenvalue weighted by Crippen LogP contribution is -2.36. The van der Waals surface area contributed by atoms with Gasteiger partial charge in [0, 0.05) is 6.61 Å². The number of carbonyl (C=O) groups excluding carboxylic acids is 1. The van der Waals surface area contributed by atoms with Crippen molar-refractivity contribution in [3.63, 3.8) is 0 Å². The van der Waals surface area contributed by atoms with E-state index in [0.29, 0.717) is 13.0 Å². The highest BCUT2D eigenvalue weighted by Crippen LogP contribution is 2.11. The van der Waals surface area contributed by atoms with Gasteiger partial charge in [0.15, 0.2) is 0 Å². The van der Waals surface area contributed by atoms with E-state index in [0.717, 1.165) is 0 Å². The molecule has 0 unspecified atom stereocenters. The number of alkyl halides is 3. The van der Waals surface area contributed by atoms with Gasteiger partial charge in [-0.15, -0.1) is 0 Å². The fourth-order valence-electron chi connectivity index (χ4n) is 0.600. The second-order valence-corrected chi connectivity index (χ2v) is 2.59. The summed E-state index contributed by atoms with van der Waals surface area (Å²) >= 11 is 0. The zero-order valence-corrected chi connectivity index (χ0v) is 7.56. The molecule has 0 radical (unpaired) electrons. The number of nitrogens with one attached hydrogen (secondary N) is 1. The van der Waals surface area contributed by atoms with Crippen LogP contribution in [0.3, 0.4) is 0 Å². The minimum atomic E-state index is -4.38. The van der Waals surface area contributed by atoms with Crippen molar-refractivity contribution in [1.82, 2.24) is 5.32 Å². The summed E-state index contributed by atoms with van der Waals surface area (Å²) in [6.07, 6.45) is -3.81. The Kier molecular flexibility index (Phi) is 6.22. The molecule has 0 saturated carbocycles. The molecule has 0 fully saturated rings. The zero-order chi connectivity index (χ0) is 11.0. The first-order valence-corrected chi connectivity index (χ1v) is 4.07. The second-order valence-electron chi connectivity index (χ2n) is 2.59. The first-order chi connectivity index (χ1) is 6.45. The van der Waals surface area contributed by atoms with Gasteiger partial charge >= 0.3 is 6.18 Å². The Morgan fingerprint density at radius 1 is 1.43 bits per heavy atom. The monoisotopic (exact) mass is 214 g/mol. The lowest BCUT2D eigenvalue weighted by Gasteiger charge is -2.08. The van der Waals surface area contributed by atoms with Gasteiger partial charge in [0.2, 0.25) is 5.91 Å². The number of ether oxygens (including phenoxy) is 1. The largest absolute Gasteiger partial charge is 0.405 e. The molecule has 0 aliphatic carbocycles. The molecule has 0 heterocycles. The number of rotatable bonds is 6. The Morgan fingerprint density at radius 3 is 2.57 bits per heavy atom. The number of hydrogen-bond acceptors (Lipinski definition) is 3. The molecular weight excluding hydrogens is 201 g/mol. The molecule has 0 aromatic rings. The molecule has 0 atom stereocenters. The molecular formula is C7H13F3N2O2. The van der Waals surface area contributed by atoms with Crippen molar-refractivity contribution in [2.75, 3.05) is 26.3 Å². The Bertz CT molecular complexity index is 173. The Morgan fingerprint density at radius 2 is 2.07 bits per heavy atom. The van der Waals surface area contributed by atoms with Crippen LogP contribution in [0.15, 0.2) is 0 Å². The van der Waals surface area contributed by atoms with Crippen LogP contribution in [0.1, 0.15) is 6.42 Å². The molecule has 1 amide bonds. The van der Waals surface area contributed by atoms with E-state index >= 15 is 0 Å². The zero-order valence-electron chi connectivity index (χ0n) is 7.56. The molecule has 0 rings (SSSR count). The SMILES string of the molecule is NCCCOCC(=O)NCC(F)(F)F. The van der Waals surface area contributed by atoms with Crippen molar-refractivity contribution in [3.05, 3.63) is 0 Å². The number of nitrogens with two attached hydrogens (primary N) is 1. The maximum Gasteiger partial charge on any atom is 0.405 e. The van der Waals surface area contributed by atoms with E-state index in [2.05, 4.69) is 0 Å². The summed E-state index contributed by atoms with van der Waals surface area (Å²) in [5.41, 5.74) is 5.13. The molecule has 7 heteroatoms. The van der Waals surface area contributed by atoms with Crippen molar-refractivity contribution >= 4 is 5.91 Å². The van der Waals surface area contributed by atoms with Crippen molar-refractivity contribution in [2.45, 2.75) is 12.6 Å². The van der Waals surface area contributed by atoms with Crippen LogP contribution < -0.4 is 11.1 Å². The van der Waals surface area contributed by atoms with Gasteiger partial charge < -0.3 is 15.8 Å². The molecule has 0 saturated heterocycles. The second kappa shape index (κ2) is 6.61. The van der Waals surface area contributed by atoms with E-state index in [1.165, 1.54) is 0 Å². The highest BCUT2D eigenvalue weighted by molar-refractivity contribution is 5.77. The summed E-state index contributed by atoms with van der Waals surface area (Å²) in [4.78, 5) is 10.7. The quantitative estimate of drug-likeness (QED) is 0.613.